The van der Waals surface area contributed by atoms with Crippen LogP contribution in [0.15, 0.2) is 61.2 Å². The fraction of sp³-hybridized carbons (Fsp3) is 0.190. The zero-order valence-electron chi connectivity index (χ0n) is 15.1. The Morgan fingerprint density at radius 2 is 1.74 bits per heavy atom. The fourth-order valence-corrected chi connectivity index (χ4v) is 3.12. The second-order valence-corrected chi connectivity index (χ2v) is 6.85. The zero-order valence-corrected chi connectivity index (χ0v) is 15.8. The minimum Gasteiger partial charge on any atom is -0.338 e. The smallest absolute Gasteiger partial charge is 0.170 e. The zero-order chi connectivity index (χ0) is 18.6. The molecule has 2 heterocycles. The van der Waals surface area contributed by atoms with E-state index < -0.39 is 0 Å². The van der Waals surface area contributed by atoms with Crippen molar-refractivity contribution in [3.05, 3.63) is 71.8 Å². The van der Waals surface area contributed by atoms with Crippen molar-refractivity contribution in [2.24, 2.45) is 0 Å². The molecule has 2 aromatic heterocycles. The summed E-state index contributed by atoms with van der Waals surface area (Å²) in [7, 11) is 0. The number of halogens is 1. The van der Waals surface area contributed by atoms with Crippen LogP contribution < -0.4 is 5.32 Å². The molecule has 0 fully saturated rings. The third-order valence-corrected chi connectivity index (χ3v) is 4.73. The van der Waals surface area contributed by atoms with Crippen LogP contribution in [0.2, 0.25) is 5.02 Å². The van der Waals surface area contributed by atoms with E-state index in [9.17, 15) is 0 Å². The van der Waals surface area contributed by atoms with E-state index in [4.69, 9.17) is 11.6 Å². The number of aromatic nitrogens is 4. The first kappa shape index (κ1) is 17.5. The summed E-state index contributed by atoms with van der Waals surface area (Å²) in [4.78, 5) is 13.3. The minimum atomic E-state index is 0.689. The Morgan fingerprint density at radius 1 is 0.963 bits per heavy atom. The normalized spacial score (nSPS) is 11.0. The van der Waals surface area contributed by atoms with Crippen LogP contribution in [0.1, 0.15) is 25.3 Å². The lowest BCUT2D eigenvalue weighted by Crippen LogP contribution is -1.98. The number of hydrogen-bond acceptors (Lipinski definition) is 4. The lowest BCUT2D eigenvalue weighted by atomic mass is 10.1. The molecule has 0 unspecified atom stereocenters. The first-order valence-electron chi connectivity index (χ1n) is 9.04. The molecule has 0 aliphatic heterocycles. The Kier molecular flexibility index (Phi) is 5.03. The van der Waals surface area contributed by atoms with Crippen LogP contribution in [-0.4, -0.2) is 19.5 Å². The van der Waals surface area contributed by atoms with E-state index in [2.05, 4.69) is 51.5 Å². The second-order valence-electron chi connectivity index (χ2n) is 6.41. The lowest BCUT2D eigenvalue weighted by Gasteiger charge is -2.08. The van der Waals surface area contributed by atoms with Crippen molar-refractivity contribution >= 4 is 34.3 Å². The Hall–Kier alpha value is -2.92. The summed E-state index contributed by atoms with van der Waals surface area (Å²) in [6.07, 6.45) is 6.83. The van der Waals surface area contributed by atoms with Crippen molar-refractivity contribution in [2.75, 3.05) is 5.32 Å². The first-order chi connectivity index (χ1) is 13.2. The van der Waals surface area contributed by atoms with Crippen molar-refractivity contribution in [3.63, 3.8) is 0 Å². The van der Waals surface area contributed by atoms with Gasteiger partial charge in [-0.15, -0.1) is 0 Å². The van der Waals surface area contributed by atoms with Crippen LogP contribution >= 0.6 is 11.6 Å². The highest BCUT2D eigenvalue weighted by atomic mass is 35.5. The van der Waals surface area contributed by atoms with E-state index in [1.54, 1.807) is 12.7 Å². The van der Waals surface area contributed by atoms with E-state index in [-0.39, 0.29) is 0 Å². The molecule has 0 saturated carbocycles. The third-order valence-electron chi connectivity index (χ3n) is 4.47. The van der Waals surface area contributed by atoms with E-state index >= 15 is 0 Å². The second kappa shape index (κ2) is 7.76. The van der Waals surface area contributed by atoms with Gasteiger partial charge in [0.15, 0.2) is 17.0 Å². The number of nitrogens with one attached hydrogen (secondary N) is 1. The van der Waals surface area contributed by atoms with Crippen LogP contribution in [-0.2, 0) is 6.42 Å². The first-order valence-corrected chi connectivity index (χ1v) is 9.42. The number of imidazole rings is 1. The van der Waals surface area contributed by atoms with Gasteiger partial charge in [0.1, 0.15) is 12.7 Å². The number of aryl methyl sites for hydroxylation is 1. The van der Waals surface area contributed by atoms with Gasteiger partial charge in [-0.3, -0.25) is 4.57 Å². The molecule has 5 nitrogen and oxygen atoms in total. The van der Waals surface area contributed by atoms with Gasteiger partial charge < -0.3 is 5.32 Å². The highest BCUT2D eigenvalue weighted by molar-refractivity contribution is 6.30. The van der Waals surface area contributed by atoms with Crippen molar-refractivity contribution in [1.82, 2.24) is 19.5 Å². The number of anilines is 2. The fourth-order valence-electron chi connectivity index (χ4n) is 2.99. The Balaban J connectivity index is 1.62. The van der Waals surface area contributed by atoms with Gasteiger partial charge in [0.2, 0.25) is 0 Å². The predicted molar refractivity (Wildman–Crippen MR) is 110 cm³/mol. The van der Waals surface area contributed by atoms with Gasteiger partial charge in [-0.2, -0.15) is 0 Å². The Morgan fingerprint density at radius 3 is 2.48 bits per heavy atom. The summed E-state index contributed by atoms with van der Waals surface area (Å²) < 4.78 is 1.92. The van der Waals surface area contributed by atoms with Gasteiger partial charge in [-0.05, 0) is 54.8 Å². The SMILES string of the molecule is CCCCc1ccc(Nc2ncnc3c2ncn3-c2ccc(Cl)cc2)cc1. The maximum atomic E-state index is 5.99. The topological polar surface area (TPSA) is 55.6 Å². The standard InChI is InChI=1S/C21H20ClN5/c1-2-3-4-15-5-9-17(10-6-15)26-20-19-21(24-13-23-20)27(14-25-19)18-11-7-16(22)8-12-18/h5-14H,2-4H2,1H3,(H,23,24,26). The van der Waals surface area contributed by atoms with Crippen molar-refractivity contribution < 1.29 is 0 Å². The Bertz CT molecular complexity index is 1040. The maximum absolute atomic E-state index is 5.99. The molecule has 4 aromatic rings. The molecule has 0 spiro atoms. The molecular formula is C21H20ClN5. The molecule has 0 bridgehead atoms. The van der Waals surface area contributed by atoms with Gasteiger partial charge in [-0.1, -0.05) is 37.1 Å². The number of benzene rings is 2. The highest BCUT2D eigenvalue weighted by Crippen LogP contribution is 2.24. The molecule has 0 aliphatic carbocycles. The summed E-state index contributed by atoms with van der Waals surface area (Å²) in [5, 5.41) is 4.05. The van der Waals surface area contributed by atoms with Gasteiger partial charge in [-0.25, -0.2) is 15.0 Å². The van der Waals surface area contributed by atoms with Crippen LogP contribution in [0.4, 0.5) is 11.5 Å². The monoisotopic (exact) mass is 377 g/mol. The summed E-state index contributed by atoms with van der Waals surface area (Å²) in [5.41, 5.74) is 4.75. The number of unbranched alkanes of at least 4 members (excludes halogenated alkanes) is 1. The van der Waals surface area contributed by atoms with Crippen molar-refractivity contribution in [3.8, 4) is 5.69 Å². The minimum absolute atomic E-state index is 0.689. The molecular weight excluding hydrogens is 358 g/mol. The molecule has 27 heavy (non-hydrogen) atoms. The van der Waals surface area contributed by atoms with E-state index in [1.165, 1.54) is 18.4 Å². The molecule has 0 aliphatic rings. The van der Waals surface area contributed by atoms with Gasteiger partial charge in [0.25, 0.3) is 0 Å². The average Bonchev–Trinajstić information content (AvgIpc) is 3.13. The quantitative estimate of drug-likeness (QED) is 0.478. The van der Waals surface area contributed by atoms with Gasteiger partial charge >= 0.3 is 0 Å². The summed E-state index contributed by atoms with van der Waals surface area (Å²) in [6.45, 7) is 2.21. The molecule has 2 aromatic carbocycles. The molecule has 0 amide bonds. The maximum Gasteiger partial charge on any atom is 0.170 e. The number of nitrogens with zero attached hydrogens (tertiary/aromatic N) is 4. The largest absolute Gasteiger partial charge is 0.338 e. The molecule has 0 atom stereocenters. The third kappa shape index (κ3) is 3.78. The molecule has 1 N–H and O–H groups in total. The summed E-state index contributed by atoms with van der Waals surface area (Å²) >= 11 is 5.99. The van der Waals surface area contributed by atoms with E-state index in [1.807, 2.05) is 28.8 Å². The molecule has 0 saturated heterocycles. The molecule has 6 heteroatoms. The number of hydrogen-bond donors (Lipinski definition) is 1. The number of rotatable bonds is 6. The van der Waals surface area contributed by atoms with Crippen LogP contribution in [0.25, 0.3) is 16.9 Å². The summed E-state index contributed by atoms with van der Waals surface area (Å²) in [5.74, 6) is 0.689. The van der Waals surface area contributed by atoms with Crippen LogP contribution in [0, 0.1) is 0 Å². The lowest BCUT2D eigenvalue weighted by molar-refractivity contribution is 0.795. The highest BCUT2D eigenvalue weighted by Gasteiger charge is 2.11. The predicted octanol–water partition coefficient (Wildman–Crippen LogP) is 5.56. The Labute approximate surface area is 163 Å². The van der Waals surface area contributed by atoms with Crippen molar-refractivity contribution in [2.45, 2.75) is 26.2 Å². The van der Waals surface area contributed by atoms with E-state index in [0.29, 0.717) is 10.8 Å². The molecule has 136 valence electrons. The average molecular weight is 378 g/mol. The van der Waals surface area contributed by atoms with E-state index in [0.717, 1.165) is 29.0 Å². The summed E-state index contributed by atoms with van der Waals surface area (Å²) in [6, 6.07) is 16.0. The van der Waals surface area contributed by atoms with Gasteiger partial charge in [0, 0.05) is 16.4 Å². The van der Waals surface area contributed by atoms with Gasteiger partial charge in [0.05, 0.1) is 0 Å². The van der Waals surface area contributed by atoms with Crippen LogP contribution in [0.3, 0.4) is 0 Å². The van der Waals surface area contributed by atoms with Crippen LogP contribution in [0.5, 0.6) is 0 Å². The van der Waals surface area contributed by atoms with Crippen molar-refractivity contribution in [1.29, 1.82) is 0 Å². The number of fused-ring (bicyclic) bond motifs is 1. The molecule has 0 radical (unpaired) electrons. The molecule has 4 rings (SSSR count).